The molecule has 0 atom stereocenters. The Bertz CT molecular complexity index is 695. The molecule has 0 saturated heterocycles. The van der Waals surface area contributed by atoms with Crippen molar-refractivity contribution in [1.82, 2.24) is 0 Å². The zero-order chi connectivity index (χ0) is 20.3. The number of hydrogen-bond donors (Lipinski definition) is 0. The van der Waals surface area contributed by atoms with Crippen molar-refractivity contribution < 1.29 is 18.3 Å². The molecule has 0 spiro atoms. The van der Waals surface area contributed by atoms with E-state index in [4.69, 9.17) is 18.3 Å². The maximum atomic E-state index is 6.40. The van der Waals surface area contributed by atoms with E-state index in [1.807, 2.05) is 26.0 Å². The minimum absolute atomic E-state index is 0.579. The van der Waals surface area contributed by atoms with Crippen LogP contribution < -0.4 is 18.3 Å². The van der Waals surface area contributed by atoms with E-state index in [1.165, 1.54) is 0 Å². The summed E-state index contributed by atoms with van der Waals surface area (Å²) in [7, 11) is -0.465. The zero-order valence-corrected chi connectivity index (χ0v) is 20.0. The number of methoxy groups -OCH3 is 2. The summed E-state index contributed by atoms with van der Waals surface area (Å²) in [5.41, 5.74) is 2.89. The maximum Gasteiger partial charge on any atom is 0.242 e. The first-order valence-corrected chi connectivity index (χ1v) is 15.6. The third-order valence-corrected chi connectivity index (χ3v) is 5.00. The van der Waals surface area contributed by atoms with Gasteiger partial charge in [-0.3, -0.25) is 0 Å². The fourth-order valence-corrected chi connectivity index (χ4v) is 4.10. The summed E-state index contributed by atoms with van der Waals surface area (Å²) >= 11 is 0. The Morgan fingerprint density at radius 1 is 0.808 bits per heavy atom. The minimum Gasteiger partial charge on any atom is -0.542 e. The molecular weight excluding hydrogens is 360 g/mol. The lowest BCUT2D eigenvalue weighted by Crippen LogP contribution is -2.31. The molecule has 4 nitrogen and oxygen atoms in total. The Labute approximate surface area is 161 Å². The predicted molar refractivity (Wildman–Crippen MR) is 116 cm³/mol. The largest absolute Gasteiger partial charge is 0.542 e. The molecule has 1 rings (SSSR count). The number of allylic oxidation sites excluding steroid dienone is 2. The van der Waals surface area contributed by atoms with Gasteiger partial charge < -0.3 is 18.3 Å². The fraction of sp³-hybridized carbons (Fsp3) is 0.500. The second-order valence-corrected chi connectivity index (χ2v) is 17.2. The van der Waals surface area contributed by atoms with Crippen molar-refractivity contribution in [3.63, 3.8) is 0 Å². The van der Waals surface area contributed by atoms with Crippen LogP contribution in [0.3, 0.4) is 0 Å². The average molecular weight is 395 g/mol. The molecule has 1 aromatic carbocycles. The minimum atomic E-state index is -1.88. The molecule has 0 saturated carbocycles. The van der Waals surface area contributed by atoms with Gasteiger partial charge in [0, 0.05) is 11.1 Å². The lowest BCUT2D eigenvalue weighted by molar-refractivity contribution is 0.331. The van der Waals surface area contributed by atoms with E-state index in [0.717, 1.165) is 22.4 Å². The summed E-state index contributed by atoms with van der Waals surface area (Å²) in [6, 6.07) is 0. The summed E-state index contributed by atoms with van der Waals surface area (Å²) in [5, 5.41) is 0. The highest BCUT2D eigenvalue weighted by Crippen LogP contribution is 2.51. The quantitative estimate of drug-likeness (QED) is 0.398. The first kappa shape index (κ1) is 22.4. The molecule has 146 valence electrons. The molecule has 0 fully saturated rings. The Balaban J connectivity index is 3.86. The van der Waals surface area contributed by atoms with Crippen molar-refractivity contribution in [2.75, 3.05) is 14.2 Å². The summed E-state index contributed by atoms with van der Waals surface area (Å²) in [5.74, 6) is 2.61. The van der Waals surface area contributed by atoms with Crippen LogP contribution in [-0.2, 0) is 0 Å². The maximum absolute atomic E-state index is 6.40. The molecule has 0 bridgehead atoms. The van der Waals surface area contributed by atoms with Crippen LogP contribution in [0.2, 0.25) is 39.3 Å². The lowest BCUT2D eigenvalue weighted by atomic mass is 10.0. The molecule has 0 radical (unpaired) electrons. The summed E-state index contributed by atoms with van der Waals surface area (Å²) in [6.45, 7) is 20.8. The van der Waals surface area contributed by atoms with Gasteiger partial charge in [0.2, 0.25) is 28.1 Å². The van der Waals surface area contributed by atoms with Gasteiger partial charge in [-0.1, -0.05) is 24.3 Å². The van der Waals surface area contributed by atoms with Gasteiger partial charge >= 0.3 is 0 Å². The van der Waals surface area contributed by atoms with Crippen LogP contribution in [0.5, 0.6) is 23.0 Å². The molecule has 26 heavy (non-hydrogen) atoms. The Morgan fingerprint density at radius 2 is 1.23 bits per heavy atom. The van der Waals surface area contributed by atoms with Crippen molar-refractivity contribution in [3.8, 4) is 23.0 Å². The molecule has 0 heterocycles. The Kier molecular flexibility index (Phi) is 7.19. The van der Waals surface area contributed by atoms with E-state index in [0.29, 0.717) is 17.2 Å². The molecule has 0 unspecified atom stereocenters. The SMILES string of the molecule is C=C(C)C=Cc1c(C)c(O[Si](C)(C)C)c(OC)c(OC)c1O[Si](C)(C)C. The van der Waals surface area contributed by atoms with E-state index < -0.39 is 16.6 Å². The van der Waals surface area contributed by atoms with Gasteiger partial charge in [-0.15, -0.1) is 0 Å². The van der Waals surface area contributed by atoms with Gasteiger partial charge in [-0.05, 0) is 53.1 Å². The Hall–Kier alpha value is -1.67. The fourth-order valence-electron chi connectivity index (χ4n) is 2.43. The van der Waals surface area contributed by atoms with Gasteiger partial charge in [0.1, 0.15) is 0 Å². The van der Waals surface area contributed by atoms with Crippen molar-refractivity contribution in [2.24, 2.45) is 0 Å². The van der Waals surface area contributed by atoms with Gasteiger partial charge in [0.05, 0.1) is 14.2 Å². The molecule has 0 N–H and O–H groups in total. The number of hydrogen-bond acceptors (Lipinski definition) is 4. The normalized spacial score (nSPS) is 12.2. The van der Waals surface area contributed by atoms with Crippen LogP contribution >= 0.6 is 0 Å². The van der Waals surface area contributed by atoms with Crippen LogP contribution in [0.4, 0.5) is 0 Å². The first-order chi connectivity index (χ1) is 11.8. The molecule has 0 aliphatic heterocycles. The molecule has 1 aromatic rings. The second kappa shape index (κ2) is 8.35. The Morgan fingerprint density at radius 3 is 1.62 bits per heavy atom. The van der Waals surface area contributed by atoms with E-state index in [-0.39, 0.29) is 0 Å². The molecule has 6 heteroatoms. The highest BCUT2D eigenvalue weighted by atomic mass is 28.4. The van der Waals surface area contributed by atoms with Crippen molar-refractivity contribution in [3.05, 3.63) is 29.4 Å². The van der Waals surface area contributed by atoms with Gasteiger partial charge in [0.15, 0.2) is 11.5 Å². The average Bonchev–Trinajstić information content (AvgIpc) is 2.46. The topological polar surface area (TPSA) is 36.9 Å². The van der Waals surface area contributed by atoms with Crippen molar-refractivity contribution >= 4 is 22.7 Å². The molecule has 0 aliphatic rings. The highest BCUT2D eigenvalue weighted by molar-refractivity contribution is 6.71. The van der Waals surface area contributed by atoms with Crippen molar-refractivity contribution in [2.45, 2.75) is 53.1 Å². The molecule has 0 aliphatic carbocycles. The lowest BCUT2D eigenvalue weighted by Gasteiger charge is -2.29. The van der Waals surface area contributed by atoms with Gasteiger partial charge in [-0.25, -0.2) is 0 Å². The van der Waals surface area contributed by atoms with Crippen molar-refractivity contribution in [1.29, 1.82) is 0 Å². The van der Waals surface area contributed by atoms with E-state index in [1.54, 1.807) is 14.2 Å². The summed E-state index contributed by atoms with van der Waals surface area (Å²) in [6.07, 6.45) is 4.00. The number of benzene rings is 1. The third-order valence-electron chi connectivity index (χ3n) is 3.37. The first-order valence-electron chi connectivity index (χ1n) is 8.81. The van der Waals surface area contributed by atoms with E-state index in [9.17, 15) is 0 Å². The van der Waals surface area contributed by atoms with Gasteiger partial charge in [0.25, 0.3) is 0 Å². The standard InChI is InChI=1S/C20H34O4Si2/c1-14(2)12-13-16-15(3)17(23-25(6,7)8)19(21-4)20(22-5)18(16)24-26(9,10)11/h12-13H,1H2,2-11H3. The van der Waals surface area contributed by atoms with E-state index in [2.05, 4.69) is 45.9 Å². The summed E-state index contributed by atoms with van der Waals surface area (Å²) < 4.78 is 24.2. The van der Waals surface area contributed by atoms with Crippen LogP contribution in [-0.4, -0.2) is 30.9 Å². The van der Waals surface area contributed by atoms with Gasteiger partial charge in [-0.2, -0.15) is 0 Å². The molecular formula is C20H34O4Si2. The predicted octanol–water partition coefficient (Wildman–Crippen LogP) is 6.03. The third kappa shape index (κ3) is 5.95. The number of ether oxygens (including phenoxy) is 2. The zero-order valence-electron chi connectivity index (χ0n) is 18.0. The molecule has 0 aromatic heterocycles. The van der Waals surface area contributed by atoms with Crippen LogP contribution in [0.15, 0.2) is 18.2 Å². The molecule has 0 amide bonds. The summed E-state index contributed by atoms with van der Waals surface area (Å²) in [4.78, 5) is 0. The van der Waals surface area contributed by atoms with Crippen LogP contribution in [0.25, 0.3) is 6.08 Å². The second-order valence-electron chi connectivity index (χ2n) is 8.37. The highest BCUT2D eigenvalue weighted by Gasteiger charge is 2.30. The smallest absolute Gasteiger partial charge is 0.242 e. The monoisotopic (exact) mass is 394 g/mol. The van der Waals surface area contributed by atoms with E-state index >= 15 is 0 Å². The number of rotatable bonds is 8. The van der Waals surface area contributed by atoms with Crippen LogP contribution in [0, 0.1) is 6.92 Å². The van der Waals surface area contributed by atoms with Crippen LogP contribution in [0.1, 0.15) is 18.1 Å².